The predicted molar refractivity (Wildman–Crippen MR) is 101 cm³/mol. The molecule has 3 heterocycles. The number of piperidine rings is 1. The number of allylic oxidation sites excluding steroid dienone is 1. The molecule has 0 aliphatic carbocycles. The summed E-state index contributed by atoms with van der Waals surface area (Å²) in [5, 5.41) is 11.0. The molecule has 0 radical (unpaired) electrons. The summed E-state index contributed by atoms with van der Waals surface area (Å²) in [5.41, 5.74) is 5.30. The largest absolute Gasteiger partial charge is 0.515 e. The molecule has 2 aliphatic heterocycles. The van der Waals surface area contributed by atoms with Crippen LogP contribution < -0.4 is 0 Å². The quantitative estimate of drug-likeness (QED) is 0.375. The summed E-state index contributed by atoms with van der Waals surface area (Å²) in [4.78, 5) is 18.2. The van der Waals surface area contributed by atoms with Gasteiger partial charge in [0.25, 0.3) is 0 Å². The van der Waals surface area contributed by atoms with Gasteiger partial charge in [-0.3, -0.25) is 4.90 Å². The van der Waals surface area contributed by atoms with Crippen molar-refractivity contribution in [3.8, 4) is 0 Å². The molecule has 1 fully saturated rings. The number of carbonyl (C=O) groups excluding carboxylic acids is 1. The van der Waals surface area contributed by atoms with Crippen LogP contribution in [0, 0.1) is 5.92 Å². The lowest BCUT2D eigenvalue weighted by molar-refractivity contribution is -0.136. The average Bonchev–Trinajstić information content (AvgIpc) is 3.07. The van der Waals surface area contributed by atoms with Gasteiger partial charge >= 0.3 is 5.97 Å². The third-order valence-corrected chi connectivity index (χ3v) is 5.87. The highest BCUT2D eigenvalue weighted by atomic mass is 16.5. The molecule has 2 aromatic rings. The molecule has 0 amide bonds. The monoisotopic (exact) mass is 352 g/mol. The molecule has 1 aromatic heterocycles. The van der Waals surface area contributed by atoms with E-state index in [1.807, 2.05) is 13.0 Å². The van der Waals surface area contributed by atoms with Gasteiger partial charge in [0.1, 0.15) is 0 Å². The maximum Gasteiger partial charge on any atom is 0.337 e. The number of methoxy groups -OCH3 is 1. The van der Waals surface area contributed by atoms with Crippen molar-refractivity contribution in [2.45, 2.75) is 25.8 Å². The number of rotatable bonds is 2. The molecule has 5 heteroatoms. The molecule has 2 N–H and O–H groups in total. The van der Waals surface area contributed by atoms with Crippen LogP contribution in [0.1, 0.15) is 30.6 Å². The summed E-state index contributed by atoms with van der Waals surface area (Å²) in [6.45, 7) is 3.79. The van der Waals surface area contributed by atoms with Gasteiger partial charge in [0, 0.05) is 35.6 Å². The van der Waals surface area contributed by atoms with E-state index in [2.05, 4.69) is 34.2 Å². The molecule has 1 aromatic carbocycles. The molecule has 0 spiro atoms. The van der Waals surface area contributed by atoms with Crippen molar-refractivity contribution in [2.75, 3.05) is 20.2 Å². The van der Waals surface area contributed by atoms with Crippen LogP contribution in [-0.2, 0) is 16.0 Å². The number of aliphatic hydroxyl groups is 1. The van der Waals surface area contributed by atoms with E-state index in [4.69, 9.17) is 4.74 Å². The van der Waals surface area contributed by atoms with E-state index in [0.29, 0.717) is 5.57 Å². The molecule has 2 aliphatic rings. The van der Waals surface area contributed by atoms with Gasteiger partial charge in [0.15, 0.2) is 0 Å². The molecular formula is C21H24N2O3. The van der Waals surface area contributed by atoms with Crippen LogP contribution in [0.5, 0.6) is 0 Å². The van der Waals surface area contributed by atoms with Crippen molar-refractivity contribution in [1.82, 2.24) is 9.88 Å². The highest BCUT2D eigenvalue weighted by Gasteiger charge is 2.40. The van der Waals surface area contributed by atoms with Crippen molar-refractivity contribution in [1.29, 1.82) is 0 Å². The van der Waals surface area contributed by atoms with Gasteiger partial charge in [-0.05, 0) is 31.4 Å². The summed E-state index contributed by atoms with van der Waals surface area (Å²) in [6, 6.07) is 8.62. The van der Waals surface area contributed by atoms with E-state index in [0.717, 1.165) is 37.8 Å². The Kier molecular flexibility index (Phi) is 4.32. The molecule has 26 heavy (non-hydrogen) atoms. The SMILES string of the molecule is C/C=C1\CN2CCc3c([nH]c4ccccc34)[C@@H]2C[C@@H]1/C(=C\O)C(=O)OC. The summed E-state index contributed by atoms with van der Waals surface area (Å²) in [5.74, 6) is -0.589. The number of aliphatic hydroxyl groups excluding tert-OH is 1. The van der Waals surface area contributed by atoms with Gasteiger partial charge in [-0.15, -0.1) is 0 Å². The summed E-state index contributed by atoms with van der Waals surface area (Å²) in [6.07, 6.45) is 4.76. The number of carbonyl (C=O) groups is 1. The lowest BCUT2D eigenvalue weighted by atomic mass is 9.78. The minimum atomic E-state index is -0.460. The molecular weight excluding hydrogens is 328 g/mol. The van der Waals surface area contributed by atoms with Crippen molar-refractivity contribution in [3.63, 3.8) is 0 Å². The highest BCUT2D eigenvalue weighted by Crippen LogP contribution is 2.44. The number of hydrogen-bond donors (Lipinski definition) is 2. The van der Waals surface area contributed by atoms with Crippen molar-refractivity contribution in [2.24, 2.45) is 5.92 Å². The van der Waals surface area contributed by atoms with E-state index in [1.54, 1.807) is 0 Å². The van der Waals surface area contributed by atoms with Crippen molar-refractivity contribution < 1.29 is 14.6 Å². The number of para-hydroxylation sites is 1. The molecule has 5 nitrogen and oxygen atoms in total. The molecule has 0 saturated carbocycles. The fourth-order valence-electron chi connectivity index (χ4n) is 4.57. The number of benzene rings is 1. The first kappa shape index (κ1) is 16.9. The fourth-order valence-corrected chi connectivity index (χ4v) is 4.57. The van der Waals surface area contributed by atoms with E-state index in [9.17, 15) is 9.90 Å². The summed E-state index contributed by atoms with van der Waals surface area (Å²) in [7, 11) is 1.35. The minimum absolute atomic E-state index is 0.129. The first-order valence-electron chi connectivity index (χ1n) is 9.09. The number of fused-ring (bicyclic) bond motifs is 5. The van der Waals surface area contributed by atoms with Crippen LogP contribution in [-0.4, -0.2) is 41.2 Å². The third kappa shape index (κ3) is 2.54. The van der Waals surface area contributed by atoms with E-state index in [-0.39, 0.29) is 12.0 Å². The smallest absolute Gasteiger partial charge is 0.337 e. The van der Waals surface area contributed by atoms with Crippen LogP contribution in [0.3, 0.4) is 0 Å². The fraction of sp³-hybridized carbons (Fsp3) is 0.381. The topological polar surface area (TPSA) is 65.6 Å². The standard InChI is InChI=1S/C21H24N2O3/c1-3-13-11-23-9-8-15-14-6-4-5-7-18(14)22-20(15)19(23)10-16(13)17(12-24)21(25)26-2/h3-7,12,16,19,22,24H,8-11H2,1-2H3/b13-3+,17-12+/t16-,19-/m0/s1. The zero-order chi connectivity index (χ0) is 18.3. The number of aromatic amines is 1. The second kappa shape index (κ2) is 6.65. The van der Waals surface area contributed by atoms with Crippen LogP contribution in [0.25, 0.3) is 10.9 Å². The predicted octanol–water partition coefficient (Wildman–Crippen LogP) is 3.65. The first-order valence-corrected chi connectivity index (χ1v) is 9.09. The van der Waals surface area contributed by atoms with Gasteiger partial charge < -0.3 is 14.8 Å². The van der Waals surface area contributed by atoms with E-state index >= 15 is 0 Å². The first-order chi connectivity index (χ1) is 12.7. The summed E-state index contributed by atoms with van der Waals surface area (Å²) >= 11 is 0. The number of nitrogens with one attached hydrogen (secondary N) is 1. The molecule has 0 bridgehead atoms. The third-order valence-electron chi connectivity index (χ3n) is 5.87. The maximum atomic E-state index is 12.2. The minimum Gasteiger partial charge on any atom is -0.515 e. The lowest BCUT2D eigenvalue weighted by Crippen LogP contribution is -2.43. The second-order valence-corrected chi connectivity index (χ2v) is 7.03. The number of H-pyrrole nitrogens is 1. The van der Waals surface area contributed by atoms with Crippen LogP contribution in [0.15, 0.2) is 47.7 Å². The number of aromatic nitrogens is 1. The van der Waals surface area contributed by atoms with Gasteiger partial charge in [0.05, 0.1) is 25.0 Å². The van der Waals surface area contributed by atoms with E-state index < -0.39 is 5.97 Å². The Labute approximate surface area is 153 Å². The molecule has 1 saturated heterocycles. The van der Waals surface area contributed by atoms with E-state index in [1.165, 1.54) is 29.3 Å². The normalized spacial score (nSPS) is 25.2. The number of nitrogens with zero attached hydrogens (tertiary/aromatic N) is 1. The molecule has 0 unspecified atom stereocenters. The lowest BCUT2D eigenvalue weighted by Gasteiger charge is -2.43. The number of esters is 1. The van der Waals surface area contributed by atoms with Crippen LogP contribution in [0.4, 0.5) is 0 Å². The Morgan fingerprint density at radius 2 is 2.19 bits per heavy atom. The van der Waals surface area contributed by atoms with Gasteiger partial charge in [-0.2, -0.15) is 0 Å². The zero-order valence-electron chi connectivity index (χ0n) is 15.2. The van der Waals surface area contributed by atoms with Gasteiger partial charge in [-0.1, -0.05) is 29.8 Å². The number of hydrogen-bond acceptors (Lipinski definition) is 4. The highest BCUT2D eigenvalue weighted by molar-refractivity contribution is 5.89. The zero-order valence-corrected chi connectivity index (χ0v) is 15.2. The van der Waals surface area contributed by atoms with Gasteiger partial charge in [0.2, 0.25) is 0 Å². The maximum absolute atomic E-state index is 12.2. The Morgan fingerprint density at radius 1 is 1.38 bits per heavy atom. The molecule has 4 rings (SSSR count). The van der Waals surface area contributed by atoms with Crippen molar-refractivity contribution in [3.05, 3.63) is 59.0 Å². The van der Waals surface area contributed by atoms with Gasteiger partial charge in [-0.25, -0.2) is 4.79 Å². The second-order valence-electron chi connectivity index (χ2n) is 7.03. The molecule has 2 atom stereocenters. The van der Waals surface area contributed by atoms with Crippen LogP contribution in [0.2, 0.25) is 0 Å². The molecule has 136 valence electrons. The Morgan fingerprint density at radius 3 is 2.92 bits per heavy atom. The summed E-state index contributed by atoms with van der Waals surface area (Å²) < 4.78 is 4.89. The Bertz CT molecular complexity index is 909. The average molecular weight is 352 g/mol. The Hall–Kier alpha value is -2.53. The Balaban J connectivity index is 1.75. The van der Waals surface area contributed by atoms with Crippen molar-refractivity contribution >= 4 is 16.9 Å². The van der Waals surface area contributed by atoms with Crippen LogP contribution >= 0.6 is 0 Å². The number of ether oxygens (including phenoxy) is 1.